The Bertz CT molecular complexity index is 193. The van der Waals surface area contributed by atoms with Crippen LogP contribution in [0.15, 0.2) is 0 Å². The highest BCUT2D eigenvalue weighted by Gasteiger charge is 2.43. The molecule has 1 aliphatic carbocycles. The first kappa shape index (κ1) is 10.4. The van der Waals surface area contributed by atoms with Crippen LogP contribution in [-0.4, -0.2) is 30.1 Å². The molecule has 2 atom stereocenters. The second-order valence-corrected chi connectivity index (χ2v) is 5.47. The lowest BCUT2D eigenvalue weighted by Crippen LogP contribution is -2.61. The first-order valence-electron chi connectivity index (χ1n) is 6.13. The SMILES string of the molecule is CC1CCN(C2(CN)CCC2)CC1C. The Morgan fingerprint density at radius 2 is 2.00 bits per heavy atom. The van der Waals surface area contributed by atoms with Gasteiger partial charge in [0.15, 0.2) is 0 Å². The predicted octanol–water partition coefficient (Wildman–Crippen LogP) is 1.85. The summed E-state index contributed by atoms with van der Waals surface area (Å²) in [6.07, 6.45) is 5.43. The van der Waals surface area contributed by atoms with Gasteiger partial charge in [0.05, 0.1) is 0 Å². The van der Waals surface area contributed by atoms with Crippen LogP contribution in [0.5, 0.6) is 0 Å². The van der Waals surface area contributed by atoms with Crippen molar-refractivity contribution in [3.8, 4) is 0 Å². The molecule has 2 nitrogen and oxygen atoms in total. The van der Waals surface area contributed by atoms with E-state index in [4.69, 9.17) is 5.73 Å². The Labute approximate surface area is 87.8 Å². The normalized spacial score (nSPS) is 37.9. The molecule has 1 aliphatic heterocycles. The number of hydrogen-bond donors (Lipinski definition) is 1. The smallest absolute Gasteiger partial charge is 0.0331 e. The molecule has 0 radical (unpaired) electrons. The molecule has 82 valence electrons. The molecule has 1 saturated carbocycles. The van der Waals surface area contributed by atoms with E-state index in [1.807, 2.05) is 0 Å². The Hall–Kier alpha value is -0.0800. The summed E-state index contributed by atoms with van der Waals surface area (Å²) >= 11 is 0. The highest BCUT2D eigenvalue weighted by Crippen LogP contribution is 2.39. The summed E-state index contributed by atoms with van der Waals surface area (Å²) in [5.41, 5.74) is 6.35. The summed E-state index contributed by atoms with van der Waals surface area (Å²) in [4.78, 5) is 2.68. The molecule has 0 amide bonds. The maximum atomic E-state index is 5.94. The van der Waals surface area contributed by atoms with E-state index in [2.05, 4.69) is 18.7 Å². The first-order valence-corrected chi connectivity index (χ1v) is 6.13. The number of hydrogen-bond acceptors (Lipinski definition) is 2. The summed E-state index contributed by atoms with van der Waals surface area (Å²) in [7, 11) is 0. The van der Waals surface area contributed by atoms with Crippen molar-refractivity contribution in [2.75, 3.05) is 19.6 Å². The van der Waals surface area contributed by atoms with Gasteiger partial charge in [0.1, 0.15) is 0 Å². The molecule has 1 heterocycles. The van der Waals surface area contributed by atoms with Crippen molar-refractivity contribution in [2.24, 2.45) is 17.6 Å². The lowest BCUT2D eigenvalue weighted by Gasteiger charge is -2.53. The predicted molar refractivity (Wildman–Crippen MR) is 60.2 cm³/mol. The van der Waals surface area contributed by atoms with Crippen molar-refractivity contribution in [3.63, 3.8) is 0 Å². The van der Waals surface area contributed by atoms with Gasteiger partial charge >= 0.3 is 0 Å². The summed E-state index contributed by atoms with van der Waals surface area (Å²) in [5.74, 6) is 1.76. The van der Waals surface area contributed by atoms with Gasteiger partial charge in [-0.15, -0.1) is 0 Å². The van der Waals surface area contributed by atoms with Gasteiger partial charge in [0.2, 0.25) is 0 Å². The van der Waals surface area contributed by atoms with Crippen LogP contribution in [0.3, 0.4) is 0 Å². The molecule has 2 heteroatoms. The minimum atomic E-state index is 0.411. The van der Waals surface area contributed by atoms with Crippen LogP contribution in [-0.2, 0) is 0 Å². The van der Waals surface area contributed by atoms with Gasteiger partial charge in [0, 0.05) is 18.6 Å². The molecule has 2 N–H and O–H groups in total. The lowest BCUT2D eigenvalue weighted by atomic mass is 9.73. The Morgan fingerprint density at radius 3 is 2.43 bits per heavy atom. The highest BCUT2D eigenvalue weighted by atomic mass is 15.2. The fraction of sp³-hybridized carbons (Fsp3) is 1.00. The molecule has 2 aliphatic rings. The topological polar surface area (TPSA) is 29.3 Å². The van der Waals surface area contributed by atoms with E-state index in [-0.39, 0.29) is 0 Å². The number of rotatable bonds is 2. The maximum Gasteiger partial charge on any atom is 0.0331 e. The van der Waals surface area contributed by atoms with Gasteiger partial charge < -0.3 is 5.73 Å². The van der Waals surface area contributed by atoms with E-state index in [9.17, 15) is 0 Å². The van der Waals surface area contributed by atoms with Crippen LogP contribution in [0.1, 0.15) is 39.5 Å². The van der Waals surface area contributed by atoms with Crippen LogP contribution in [0.2, 0.25) is 0 Å². The summed E-state index contributed by atoms with van der Waals surface area (Å²) < 4.78 is 0. The second kappa shape index (κ2) is 3.82. The Morgan fingerprint density at radius 1 is 1.29 bits per heavy atom. The standard InChI is InChI=1S/C12H24N2/c1-10-4-7-14(8-11(10)2)12(9-13)5-3-6-12/h10-11H,3-9,13H2,1-2H3. The van der Waals surface area contributed by atoms with Crippen molar-refractivity contribution in [1.82, 2.24) is 4.90 Å². The van der Waals surface area contributed by atoms with Crippen LogP contribution in [0.25, 0.3) is 0 Å². The summed E-state index contributed by atoms with van der Waals surface area (Å²) in [5, 5.41) is 0. The van der Waals surface area contributed by atoms with Gasteiger partial charge in [0.25, 0.3) is 0 Å². The fourth-order valence-corrected chi connectivity index (χ4v) is 2.93. The van der Waals surface area contributed by atoms with Gasteiger partial charge in [-0.1, -0.05) is 13.8 Å². The molecular formula is C12H24N2. The van der Waals surface area contributed by atoms with Crippen LogP contribution in [0, 0.1) is 11.8 Å². The molecule has 2 unspecified atom stereocenters. The fourth-order valence-electron chi connectivity index (χ4n) is 2.93. The zero-order valence-electron chi connectivity index (χ0n) is 9.63. The third kappa shape index (κ3) is 1.59. The Kier molecular flexibility index (Phi) is 2.85. The number of piperidine rings is 1. The van der Waals surface area contributed by atoms with Crippen LogP contribution >= 0.6 is 0 Å². The van der Waals surface area contributed by atoms with E-state index < -0.39 is 0 Å². The molecule has 14 heavy (non-hydrogen) atoms. The van der Waals surface area contributed by atoms with E-state index in [0.717, 1.165) is 18.4 Å². The minimum absolute atomic E-state index is 0.411. The van der Waals surface area contributed by atoms with E-state index in [1.165, 1.54) is 38.8 Å². The molecule has 0 bridgehead atoms. The third-order valence-electron chi connectivity index (χ3n) is 4.67. The van der Waals surface area contributed by atoms with Crippen LogP contribution < -0.4 is 5.73 Å². The van der Waals surface area contributed by atoms with Crippen molar-refractivity contribution in [1.29, 1.82) is 0 Å². The molecule has 0 aromatic heterocycles. The van der Waals surface area contributed by atoms with Gasteiger partial charge in [-0.3, -0.25) is 4.90 Å². The second-order valence-electron chi connectivity index (χ2n) is 5.47. The van der Waals surface area contributed by atoms with Crippen molar-refractivity contribution < 1.29 is 0 Å². The highest BCUT2D eigenvalue weighted by molar-refractivity contribution is 5.00. The molecular weight excluding hydrogens is 172 g/mol. The summed E-state index contributed by atoms with van der Waals surface area (Å²) in [6, 6.07) is 0. The molecule has 0 spiro atoms. The van der Waals surface area contributed by atoms with Crippen molar-refractivity contribution in [3.05, 3.63) is 0 Å². The molecule has 2 fully saturated rings. The average Bonchev–Trinajstić information content (AvgIpc) is 2.10. The molecule has 1 saturated heterocycles. The van der Waals surface area contributed by atoms with E-state index in [0.29, 0.717) is 5.54 Å². The Balaban J connectivity index is 1.98. The van der Waals surface area contributed by atoms with Crippen molar-refractivity contribution >= 4 is 0 Å². The van der Waals surface area contributed by atoms with Crippen LogP contribution in [0.4, 0.5) is 0 Å². The zero-order chi connectivity index (χ0) is 10.2. The van der Waals surface area contributed by atoms with E-state index in [1.54, 1.807) is 0 Å². The largest absolute Gasteiger partial charge is 0.329 e. The number of nitrogens with two attached hydrogens (primary N) is 1. The van der Waals surface area contributed by atoms with Crippen molar-refractivity contribution in [2.45, 2.75) is 45.1 Å². The number of nitrogens with zero attached hydrogens (tertiary/aromatic N) is 1. The maximum absolute atomic E-state index is 5.94. The minimum Gasteiger partial charge on any atom is -0.329 e. The zero-order valence-corrected chi connectivity index (χ0v) is 9.63. The van der Waals surface area contributed by atoms with Gasteiger partial charge in [-0.05, 0) is 44.1 Å². The third-order valence-corrected chi connectivity index (χ3v) is 4.67. The van der Waals surface area contributed by atoms with E-state index >= 15 is 0 Å². The van der Waals surface area contributed by atoms with Gasteiger partial charge in [-0.2, -0.15) is 0 Å². The molecule has 0 aromatic rings. The van der Waals surface area contributed by atoms with Gasteiger partial charge in [-0.25, -0.2) is 0 Å². The number of likely N-dealkylation sites (tertiary alicyclic amines) is 1. The quantitative estimate of drug-likeness (QED) is 0.730. The molecule has 2 rings (SSSR count). The summed E-state index contributed by atoms with van der Waals surface area (Å²) in [6.45, 7) is 8.20. The first-order chi connectivity index (χ1) is 6.68. The lowest BCUT2D eigenvalue weighted by molar-refractivity contribution is -0.0184. The average molecular weight is 196 g/mol. The molecule has 0 aromatic carbocycles. The monoisotopic (exact) mass is 196 g/mol.